The molecule has 1 aromatic carbocycles. The summed E-state index contributed by atoms with van der Waals surface area (Å²) >= 11 is 0. The molecule has 0 aliphatic heterocycles. The Morgan fingerprint density at radius 2 is 1.76 bits per heavy atom. The quantitative estimate of drug-likeness (QED) is 0.867. The Bertz CT molecular complexity index is 382. The minimum atomic E-state index is 0.377. The van der Waals surface area contributed by atoms with E-state index in [1.807, 2.05) is 0 Å². The van der Waals surface area contributed by atoms with Gasteiger partial charge in [-0.1, -0.05) is 19.1 Å². The molecule has 0 radical (unpaired) electrons. The number of nitrogens with two attached hydrogens (primary N) is 1. The highest BCUT2D eigenvalue weighted by atomic mass is 16.5. The summed E-state index contributed by atoms with van der Waals surface area (Å²) in [5, 5.41) is 0. The first-order chi connectivity index (χ1) is 8.24. The molecule has 0 aromatic heterocycles. The summed E-state index contributed by atoms with van der Waals surface area (Å²) < 4.78 is 5.77. The van der Waals surface area contributed by atoms with Crippen molar-refractivity contribution < 1.29 is 4.74 Å². The van der Waals surface area contributed by atoms with Gasteiger partial charge in [0.15, 0.2) is 0 Å². The molecule has 2 saturated carbocycles. The van der Waals surface area contributed by atoms with E-state index in [-0.39, 0.29) is 0 Å². The Morgan fingerprint density at radius 1 is 1.06 bits per heavy atom. The summed E-state index contributed by atoms with van der Waals surface area (Å²) in [6, 6.07) is 9.05. The van der Waals surface area contributed by atoms with E-state index in [1.54, 1.807) is 0 Å². The summed E-state index contributed by atoms with van der Waals surface area (Å²) in [5.41, 5.74) is 7.51. The molecule has 0 bridgehead atoms. The molecule has 2 aliphatic rings. The molecular formula is C15H21NO. The smallest absolute Gasteiger partial charge is 0.119 e. The molecule has 2 N–H and O–H groups in total. The molecule has 17 heavy (non-hydrogen) atoms. The zero-order chi connectivity index (χ0) is 11.8. The predicted molar refractivity (Wildman–Crippen MR) is 69.2 cm³/mol. The van der Waals surface area contributed by atoms with Gasteiger partial charge in [-0.3, -0.25) is 0 Å². The zero-order valence-electron chi connectivity index (χ0n) is 10.4. The van der Waals surface area contributed by atoms with E-state index in [9.17, 15) is 0 Å². The lowest BCUT2D eigenvalue weighted by Crippen LogP contribution is -2.24. The minimum Gasteiger partial charge on any atom is -0.490 e. The lowest BCUT2D eigenvalue weighted by atomic mass is 9.89. The molecule has 2 aliphatic carbocycles. The molecule has 0 spiro atoms. The number of rotatable bonds is 3. The zero-order valence-corrected chi connectivity index (χ0v) is 10.4. The molecule has 2 nitrogen and oxygen atoms in total. The summed E-state index contributed by atoms with van der Waals surface area (Å²) in [7, 11) is 0. The third-order valence-electron chi connectivity index (χ3n) is 4.26. The van der Waals surface area contributed by atoms with Crippen LogP contribution in [0.3, 0.4) is 0 Å². The molecule has 0 amide bonds. The van der Waals surface area contributed by atoms with Crippen LogP contribution >= 0.6 is 0 Å². The van der Waals surface area contributed by atoms with Gasteiger partial charge in [0, 0.05) is 6.04 Å². The van der Waals surface area contributed by atoms with Crippen molar-refractivity contribution >= 4 is 0 Å². The van der Waals surface area contributed by atoms with Crippen molar-refractivity contribution in [2.75, 3.05) is 0 Å². The predicted octanol–water partition coefficient (Wildman–Crippen LogP) is 3.07. The van der Waals surface area contributed by atoms with Gasteiger partial charge < -0.3 is 10.5 Å². The van der Waals surface area contributed by atoms with Gasteiger partial charge >= 0.3 is 0 Å². The van der Waals surface area contributed by atoms with Crippen molar-refractivity contribution in [1.29, 1.82) is 0 Å². The molecule has 2 heteroatoms. The van der Waals surface area contributed by atoms with Crippen molar-refractivity contribution in [2.24, 2.45) is 11.7 Å². The Hall–Kier alpha value is -1.02. The van der Waals surface area contributed by atoms with E-state index in [2.05, 4.69) is 31.2 Å². The fourth-order valence-electron chi connectivity index (χ4n) is 2.84. The second kappa shape index (κ2) is 4.34. The number of hydrogen-bond acceptors (Lipinski definition) is 2. The van der Waals surface area contributed by atoms with Gasteiger partial charge in [0.1, 0.15) is 5.75 Å². The summed E-state index contributed by atoms with van der Waals surface area (Å²) in [4.78, 5) is 0. The second-order valence-electron chi connectivity index (χ2n) is 5.59. The topological polar surface area (TPSA) is 35.2 Å². The highest BCUT2D eigenvalue weighted by molar-refractivity contribution is 5.31. The van der Waals surface area contributed by atoms with Crippen LogP contribution < -0.4 is 10.5 Å². The molecule has 3 atom stereocenters. The van der Waals surface area contributed by atoms with Crippen LogP contribution in [0.2, 0.25) is 0 Å². The monoisotopic (exact) mass is 231 g/mol. The van der Waals surface area contributed by atoms with Crippen molar-refractivity contribution in [3.05, 3.63) is 29.8 Å². The van der Waals surface area contributed by atoms with E-state index >= 15 is 0 Å². The highest BCUT2D eigenvalue weighted by Gasteiger charge is 2.31. The van der Waals surface area contributed by atoms with Crippen LogP contribution in [0, 0.1) is 5.92 Å². The normalized spacial score (nSPS) is 32.7. The molecule has 3 rings (SSSR count). The fraction of sp³-hybridized carbons (Fsp3) is 0.600. The van der Waals surface area contributed by atoms with Crippen molar-refractivity contribution in [3.8, 4) is 5.75 Å². The number of benzene rings is 1. The minimum absolute atomic E-state index is 0.377. The summed E-state index contributed by atoms with van der Waals surface area (Å²) in [6.07, 6.45) is 5.31. The third-order valence-corrected chi connectivity index (χ3v) is 4.26. The molecule has 2 fully saturated rings. The Labute approximate surface area is 103 Å². The maximum absolute atomic E-state index is 6.09. The van der Waals surface area contributed by atoms with Crippen LogP contribution in [-0.2, 0) is 0 Å². The van der Waals surface area contributed by atoms with Crippen LogP contribution in [-0.4, -0.2) is 12.1 Å². The molecule has 1 aromatic rings. The summed E-state index contributed by atoms with van der Waals surface area (Å²) in [6.45, 7) is 2.27. The maximum Gasteiger partial charge on any atom is 0.119 e. The van der Waals surface area contributed by atoms with Crippen molar-refractivity contribution in [3.63, 3.8) is 0 Å². The first kappa shape index (κ1) is 11.1. The SMILES string of the molecule is CC1C(N)CCC1c1ccc(OC2CC2)cc1. The highest BCUT2D eigenvalue weighted by Crippen LogP contribution is 2.39. The molecule has 0 heterocycles. The Morgan fingerprint density at radius 3 is 2.29 bits per heavy atom. The van der Waals surface area contributed by atoms with Crippen molar-refractivity contribution in [1.82, 2.24) is 0 Å². The van der Waals surface area contributed by atoms with E-state index in [1.165, 1.54) is 24.8 Å². The molecular weight excluding hydrogens is 210 g/mol. The van der Waals surface area contributed by atoms with E-state index in [0.717, 1.165) is 12.2 Å². The first-order valence-corrected chi connectivity index (χ1v) is 6.76. The lowest BCUT2D eigenvalue weighted by Gasteiger charge is -2.18. The van der Waals surface area contributed by atoms with Crippen LogP contribution in [0.5, 0.6) is 5.75 Å². The van der Waals surface area contributed by atoms with Gasteiger partial charge in [-0.05, 0) is 55.2 Å². The largest absolute Gasteiger partial charge is 0.490 e. The third kappa shape index (κ3) is 2.32. The van der Waals surface area contributed by atoms with Gasteiger partial charge in [-0.25, -0.2) is 0 Å². The molecule has 92 valence electrons. The van der Waals surface area contributed by atoms with Crippen LogP contribution in [0.1, 0.15) is 44.1 Å². The van der Waals surface area contributed by atoms with E-state index in [0.29, 0.717) is 24.0 Å². The Kier molecular flexibility index (Phi) is 2.83. The Balaban J connectivity index is 1.70. The van der Waals surface area contributed by atoms with E-state index in [4.69, 9.17) is 10.5 Å². The number of hydrogen-bond donors (Lipinski definition) is 1. The fourth-order valence-corrected chi connectivity index (χ4v) is 2.84. The average molecular weight is 231 g/mol. The standard InChI is InChI=1S/C15H21NO/c1-10-14(8-9-15(10)16)11-2-4-12(5-3-11)17-13-6-7-13/h2-5,10,13-15H,6-9,16H2,1H3. The van der Waals surface area contributed by atoms with Gasteiger partial charge in [0.2, 0.25) is 0 Å². The average Bonchev–Trinajstić information content (AvgIpc) is 3.09. The number of ether oxygens (including phenoxy) is 1. The molecule has 0 saturated heterocycles. The lowest BCUT2D eigenvalue weighted by molar-refractivity contribution is 0.303. The second-order valence-corrected chi connectivity index (χ2v) is 5.59. The summed E-state index contributed by atoms with van der Waals surface area (Å²) in [5.74, 6) is 2.26. The van der Waals surface area contributed by atoms with Crippen LogP contribution in [0.4, 0.5) is 0 Å². The van der Waals surface area contributed by atoms with Crippen LogP contribution in [0.25, 0.3) is 0 Å². The van der Waals surface area contributed by atoms with Crippen molar-refractivity contribution in [2.45, 2.75) is 50.7 Å². The van der Waals surface area contributed by atoms with Gasteiger partial charge in [-0.2, -0.15) is 0 Å². The molecule has 3 unspecified atom stereocenters. The van der Waals surface area contributed by atoms with Gasteiger partial charge in [0.05, 0.1) is 6.10 Å². The maximum atomic E-state index is 6.09. The van der Waals surface area contributed by atoms with E-state index < -0.39 is 0 Å². The van der Waals surface area contributed by atoms with Crippen LogP contribution in [0.15, 0.2) is 24.3 Å². The van der Waals surface area contributed by atoms with Gasteiger partial charge in [-0.15, -0.1) is 0 Å². The first-order valence-electron chi connectivity index (χ1n) is 6.76. The van der Waals surface area contributed by atoms with Gasteiger partial charge in [0.25, 0.3) is 0 Å².